The molecule has 0 bridgehead atoms. The number of carbonyl (C=O) groups excluding carboxylic acids is 2. The molecule has 2 amide bonds. The first kappa shape index (κ1) is 15.0. The fourth-order valence-electron chi connectivity index (χ4n) is 2.96. The minimum Gasteiger partial charge on any atom is -0.465 e. The lowest BCUT2D eigenvalue weighted by atomic mass is 10.3. The van der Waals surface area contributed by atoms with Crippen LogP contribution >= 0.6 is 0 Å². The number of aromatic nitrogens is 2. The Morgan fingerprint density at radius 2 is 2.21 bits per heavy atom. The summed E-state index contributed by atoms with van der Waals surface area (Å²) in [6.45, 7) is 4.34. The minimum absolute atomic E-state index is 0.0751. The predicted molar refractivity (Wildman–Crippen MR) is 85.5 cm³/mol. The van der Waals surface area contributed by atoms with Crippen LogP contribution in [0.5, 0.6) is 0 Å². The monoisotopic (exact) mass is 328 g/mol. The van der Waals surface area contributed by atoms with Gasteiger partial charge in [0.25, 0.3) is 11.8 Å². The molecule has 1 saturated carbocycles. The van der Waals surface area contributed by atoms with Crippen LogP contribution in [0.15, 0.2) is 22.7 Å². The second-order valence-corrected chi connectivity index (χ2v) is 6.53. The summed E-state index contributed by atoms with van der Waals surface area (Å²) in [5, 5.41) is 2.77. The number of nitrogens with zero attached hydrogens (tertiary/aromatic N) is 3. The van der Waals surface area contributed by atoms with Gasteiger partial charge in [-0.3, -0.25) is 9.59 Å². The van der Waals surface area contributed by atoms with Crippen LogP contribution in [0.3, 0.4) is 0 Å². The van der Waals surface area contributed by atoms with Gasteiger partial charge in [0.05, 0.1) is 6.54 Å². The van der Waals surface area contributed by atoms with Gasteiger partial charge in [0, 0.05) is 25.8 Å². The molecule has 0 saturated heterocycles. The molecular weight excluding hydrogens is 308 g/mol. The first-order chi connectivity index (χ1) is 11.6. The molecule has 24 heavy (non-hydrogen) atoms. The van der Waals surface area contributed by atoms with Crippen molar-refractivity contribution in [1.82, 2.24) is 19.8 Å². The molecule has 1 N–H and O–H groups in total. The van der Waals surface area contributed by atoms with E-state index in [0.717, 1.165) is 12.3 Å². The SMILES string of the molecule is Cc1ccc(CNC(=O)c2cn3c(n2)C(=O)N(CC2CC2)CC3)o1. The molecule has 2 aliphatic rings. The lowest BCUT2D eigenvalue weighted by molar-refractivity contribution is 0.0688. The van der Waals surface area contributed by atoms with E-state index in [1.165, 1.54) is 12.8 Å². The zero-order chi connectivity index (χ0) is 16.7. The quantitative estimate of drug-likeness (QED) is 0.903. The summed E-state index contributed by atoms with van der Waals surface area (Å²) in [7, 11) is 0. The number of fused-ring (bicyclic) bond motifs is 1. The molecular formula is C17H20N4O3. The maximum atomic E-state index is 12.5. The van der Waals surface area contributed by atoms with Crippen LogP contribution < -0.4 is 5.32 Å². The molecule has 4 rings (SSSR count). The van der Waals surface area contributed by atoms with Gasteiger partial charge in [-0.2, -0.15) is 0 Å². The zero-order valence-electron chi connectivity index (χ0n) is 13.6. The highest BCUT2D eigenvalue weighted by Crippen LogP contribution is 2.30. The van der Waals surface area contributed by atoms with Gasteiger partial charge >= 0.3 is 0 Å². The van der Waals surface area contributed by atoms with Crippen LogP contribution in [0, 0.1) is 12.8 Å². The van der Waals surface area contributed by atoms with Crippen molar-refractivity contribution < 1.29 is 14.0 Å². The van der Waals surface area contributed by atoms with Crippen molar-refractivity contribution in [3.63, 3.8) is 0 Å². The number of hydrogen-bond acceptors (Lipinski definition) is 4. The molecule has 2 aromatic heterocycles. The van der Waals surface area contributed by atoms with Crippen molar-refractivity contribution in [2.75, 3.05) is 13.1 Å². The molecule has 0 atom stereocenters. The molecule has 0 unspecified atom stereocenters. The highest BCUT2D eigenvalue weighted by molar-refractivity contribution is 5.96. The lowest BCUT2D eigenvalue weighted by Crippen LogP contribution is -2.41. The highest BCUT2D eigenvalue weighted by atomic mass is 16.3. The van der Waals surface area contributed by atoms with E-state index in [1.807, 2.05) is 24.0 Å². The van der Waals surface area contributed by atoms with Crippen LogP contribution in [0.25, 0.3) is 0 Å². The third-order valence-electron chi connectivity index (χ3n) is 4.49. The third kappa shape index (κ3) is 2.93. The fourth-order valence-corrected chi connectivity index (χ4v) is 2.96. The number of hydrogen-bond donors (Lipinski definition) is 1. The molecule has 2 aromatic rings. The maximum absolute atomic E-state index is 12.5. The number of imidazole rings is 1. The van der Waals surface area contributed by atoms with Crippen molar-refractivity contribution in [3.05, 3.63) is 41.4 Å². The Morgan fingerprint density at radius 3 is 2.92 bits per heavy atom. The normalized spacial score (nSPS) is 17.0. The first-order valence-electron chi connectivity index (χ1n) is 8.30. The lowest BCUT2D eigenvalue weighted by Gasteiger charge is -2.27. The Morgan fingerprint density at radius 1 is 1.38 bits per heavy atom. The van der Waals surface area contributed by atoms with E-state index in [-0.39, 0.29) is 17.5 Å². The predicted octanol–water partition coefficient (Wildman–Crippen LogP) is 1.58. The summed E-state index contributed by atoms with van der Waals surface area (Å²) in [6, 6.07) is 3.68. The molecule has 126 valence electrons. The van der Waals surface area contributed by atoms with Gasteiger partial charge in [0.2, 0.25) is 0 Å². The summed E-state index contributed by atoms with van der Waals surface area (Å²) in [4.78, 5) is 30.9. The average Bonchev–Trinajstić information content (AvgIpc) is 3.11. The van der Waals surface area contributed by atoms with E-state index in [9.17, 15) is 9.59 Å². The smallest absolute Gasteiger partial charge is 0.289 e. The largest absolute Gasteiger partial charge is 0.465 e. The van der Waals surface area contributed by atoms with E-state index >= 15 is 0 Å². The number of furan rings is 1. The van der Waals surface area contributed by atoms with Gasteiger partial charge in [0.1, 0.15) is 17.2 Å². The average molecular weight is 328 g/mol. The van der Waals surface area contributed by atoms with E-state index in [1.54, 1.807) is 10.8 Å². The summed E-state index contributed by atoms with van der Waals surface area (Å²) < 4.78 is 7.20. The molecule has 7 heteroatoms. The maximum Gasteiger partial charge on any atom is 0.289 e. The second kappa shape index (κ2) is 5.81. The van der Waals surface area contributed by atoms with E-state index < -0.39 is 0 Å². The molecule has 0 radical (unpaired) electrons. The van der Waals surface area contributed by atoms with E-state index in [0.29, 0.717) is 37.1 Å². The molecule has 0 aromatic carbocycles. The van der Waals surface area contributed by atoms with Crippen molar-refractivity contribution in [3.8, 4) is 0 Å². The number of carbonyl (C=O) groups is 2. The number of nitrogens with one attached hydrogen (secondary N) is 1. The number of rotatable bonds is 5. The molecule has 1 aliphatic carbocycles. The summed E-state index contributed by atoms with van der Waals surface area (Å²) >= 11 is 0. The first-order valence-corrected chi connectivity index (χ1v) is 8.30. The second-order valence-electron chi connectivity index (χ2n) is 6.53. The van der Waals surface area contributed by atoms with E-state index in [4.69, 9.17) is 4.42 Å². The van der Waals surface area contributed by atoms with Crippen LogP contribution in [0.2, 0.25) is 0 Å². The Kier molecular flexibility index (Phi) is 3.63. The summed E-state index contributed by atoms with van der Waals surface area (Å²) in [5.41, 5.74) is 0.273. The van der Waals surface area contributed by atoms with Crippen LogP contribution in [-0.4, -0.2) is 39.4 Å². The molecule has 0 spiro atoms. The molecule has 1 fully saturated rings. The zero-order valence-corrected chi connectivity index (χ0v) is 13.6. The van der Waals surface area contributed by atoms with Gasteiger partial charge in [-0.1, -0.05) is 0 Å². The highest BCUT2D eigenvalue weighted by Gasteiger charge is 2.32. The molecule has 7 nitrogen and oxygen atoms in total. The van der Waals surface area contributed by atoms with Gasteiger partial charge in [-0.05, 0) is 37.8 Å². The van der Waals surface area contributed by atoms with Crippen LogP contribution in [0.4, 0.5) is 0 Å². The minimum atomic E-state index is -0.299. The van der Waals surface area contributed by atoms with Crippen LogP contribution in [0.1, 0.15) is 45.5 Å². The third-order valence-corrected chi connectivity index (χ3v) is 4.49. The summed E-state index contributed by atoms with van der Waals surface area (Å²) in [5.74, 6) is 2.13. The topological polar surface area (TPSA) is 80.4 Å². The van der Waals surface area contributed by atoms with Crippen molar-refractivity contribution >= 4 is 11.8 Å². The summed E-state index contributed by atoms with van der Waals surface area (Å²) in [6.07, 6.45) is 4.07. The van der Waals surface area contributed by atoms with Gasteiger partial charge in [0.15, 0.2) is 5.82 Å². The van der Waals surface area contributed by atoms with Crippen molar-refractivity contribution in [2.45, 2.75) is 32.9 Å². The van der Waals surface area contributed by atoms with Crippen molar-refractivity contribution in [2.24, 2.45) is 5.92 Å². The van der Waals surface area contributed by atoms with E-state index in [2.05, 4.69) is 10.3 Å². The standard InChI is InChI=1S/C17H20N4O3/c1-11-2-5-13(24-11)8-18-16(22)14-10-20-6-7-21(9-12-3-4-12)17(23)15(20)19-14/h2,5,10,12H,3-4,6-9H2,1H3,(H,18,22). The number of amides is 2. The van der Waals surface area contributed by atoms with Gasteiger partial charge in [-0.15, -0.1) is 0 Å². The van der Waals surface area contributed by atoms with Gasteiger partial charge in [-0.25, -0.2) is 4.98 Å². The van der Waals surface area contributed by atoms with Crippen LogP contribution in [-0.2, 0) is 13.1 Å². The Hall–Kier alpha value is -2.57. The van der Waals surface area contributed by atoms with Crippen molar-refractivity contribution in [1.29, 1.82) is 0 Å². The Bertz CT molecular complexity index is 788. The molecule has 3 heterocycles. The molecule has 1 aliphatic heterocycles. The fraction of sp³-hybridized carbons (Fsp3) is 0.471. The Labute approximate surface area is 139 Å². The number of aryl methyl sites for hydroxylation is 1. The van der Waals surface area contributed by atoms with Gasteiger partial charge < -0.3 is 19.2 Å². The Balaban J connectivity index is 1.43.